The van der Waals surface area contributed by atoms with Crippen molar-refractivity contribution in [2.45, 2.75) is 6.92 Å². The van der Waals surface area contributed by atoms with Gasteiger partial charge in [0.2, 0.25) is 11.2 Å². The Morgan fingerprint density at radius 1 is 0.607 bits per heavy atom. The minimum atomic E-state index is 1.25. The SMILES string of the molecule is Cc1cc2ccc3cccc4ccc(c1-c1ccc5ccccc5[n+]1C)c2c34. The fourth-order valence-corrected chi connectivity index (χ4v) is 4.89. The molecule has 1 heteroatoms. The first-order valence-electron chi connectivity index (χ1n) is 9.78. The summed E-state index contributed by atoms with van der Waals surface area (Å²) < 4.78 is 2.33. The predicted octanol–water partition coefficient (Wildman–Crippen LogP) is 6.54. The summed E-state index contributed by atoms with van der Waals surface area (Å²) in [5.41, 5.74) is 5.16. The highest BCUT2D eigenvalue weighted by molar-refractivity contribution is 6.25. The number of aryl methyl sites for hydroxylation is 2. The molecule has 0 N–H and O–H groups in total. The highest BCUT2D eigenvalue weighted by Crippen LogP contribution is 2.40. The van der Waals surface area contributed by atoms with Crippen molar-refractivity contribution in [3.05, 3.63) is 90.5 Å². The molecule has 0 aliphatic rings. The Kier molecular flexibility index (Phi) is 3.08. The Bertz CT molecular complexity index is 1510. The summed E-state index contributed by atoms with van der Waals surface area (Å²) in [5.74, 6) is 0. The molecule has 6 rings (SSSR count). The van der Waals surface area contributed by atoms with Gasteiger partial charge in [-0.3, -0.25) is 0 Å². The van der Waals surface area contributed by atoms with Crippen molar-refractivity contribution in [3.8, 4) is 11.3 Å². The number of fused-ring (bicyclic) bond motifs is 1. The smallest absolute Gasteiger partial charge is 0.194 e. The van der Waals surface area contributed by atoms with Gasteiger partial charge in [0.1, 0.15) is 7.05 Å². The minimum Gasteiger partial charge on any atom is -0.194 e. The highest BCUT2D eigenvalue weighted by Gasteiger charge is 2.20. The van der Waals surface area contributed by atoms with E-state index in [1.807, 2.05) is 0 Å². The van der Waals surface area contributed by atoms with Gasteiger partial charge in [-0.05, 0) is 56.9 Å². The largest absolute Gasteiger partial charge is 0.213 e. The highest BCUT2D eigenvalue weighted by atomic mass is 14.9. The molecule has 0 bridgehead atoms. The third-order valence-electron chi connectivity index (χ3n) is 6.18. The summed E-state index contributed by atoms with van der Waals surface area (Å²) >= 11 is 0. The molecule has 1 nitrogen and oxygen atoms in total. The van der Waals surface area contributed by atoms with Gasteiger partial charge in [0.15, 0.2) is 0 Å². The average Bonchev–Trinajstić information content (AvgIpc) is 2.73. The molecule has 1 heterocycles. The molecule has 0 aliphatic heterocycles. The lowest BCUT2D eigenvalue weighted by Crippen LogP contribution is -2.32. The van der Waals surface area contributed by atoms with Gasteiger partial charge in [0, 0.05) is 17.5 Å². The van der Waals surface area contributed by atoms with Crippen molar-refractivity contribution in [2.75, 3.05) is 0 Å². The number of nitrogens with zero attached hydrogens (tertiary/aromatic N) is 1. The van der Waals surface area contributed by atoms with Gasteiger partial charge in [-0.1, -0.05) is 60.7 Å². The molecule has 0 saturated heterocycles. The number of hydrogen-bond acceptors (Lipinski definition) is 0. The van der Waals surface area contributed by atoms with Crippen LogP contribution >= 0.6 is 0 Å². The second-order valence-electron chi connectivity index (χ2n) is 7.76. The quantitative estimate of drug-likeness (QED) is 0.232. The van der Waals surface area contributed by atoms with Crippen LogP contribution in [0.15, 0.2) is 84.9 Å². The maximum absolute atomic E-state index is 2.35. The van der Waals surface area contributed by atoms with E-state index in [0.717, 1.165) is 0 Å². The number of aromatic nitrogens is 1. The Morgan fingerprint density at radius 2 is 1.29 bits per heavy atom. The van der Waals surface area contributed by atoms with Gasteiger partial charge >= 0.3 is 0 Å². The Hall–Kier alpha value is -3.45. The van der Waals surface area contributed by atoms with E-state index in [4.69, 9.17) is 0 Å². The van der Waals surface area contributed by atoms with Crippen molar-refractivity contribution in [2.24, 2.45) is 7.05 Å². The van der Waals surface area contributed by atoms with Gasteiger partial charge in [0.25, 0.3) is 0 Å². The van der Waals surface area contributed by atoms with Crippen molar-refractivity contribution in [3.63, 3.8) is 0 Å². The standard InChI is InChI=1S/C27H20N/c1-17-16-21-11-10-19-7-5-8-20-12-14-22(27(21)26(19)20)25(17)24-15-13-18-6-3-4-9-23(18)28(24)2/h3-16H,1-2H3/q+1. The van der Waals surface area contributed by atoms with Crippen LogP contribution < -0.4 is 4.57 Å². The van der Waals surface area contributed by atoms with Crippen LogP contribution in [0.5, 0.6) is 0 Å². The van der Waals surface area contributed by atoms with Gasteiger partial charge in [-0.15, -0.1) is 0 Å². The van der Waals surface area contributed by atoms with Gasteiger partial charge in [-0.2, -0.15) is 4.57 Å². The molecule has 1 aromatic heterocycles. The first-order valence-corrected chi connectivity index (χ1v) is 9.78. The number of para-hydroxylation sites is 1. The fourth-order valence-electron chi connectivity index (χ4n) is 4.89. The second kappa shape index (κ2) is 5.53. The van der Waals surface area contributed by atoms with Crippen molar-refractivity contribution >= 4 is 43.2 Å². The molecule has 0 radical (unpaired) electrons. The summed E-state index contributed by atoms with van der Waals surface area (Å²) in [7, 11) is 2.18. The van der Waals surface area contributed by atoms with Crippen LogP contribution in [0.4, 0.5) is 0 Å². The van der Waals surface area contributed by atoms with E-state index in [0.29, 0.717) is 0 Å². The van der Waals surface area contributed by atoms with Gasteiger partial charge in [0.05, 0.1) is 5.56 Å². The molecule has 28 heavy (non-hydrogen) atoms. The summed E-state index contributed by atoms with van der Waals surface area (Å²) in [6.07, 6.45) is 0. The van der Waals surface area contributed by atoms with Gasteiger partial charge < -0.3 is 0 Å². The lowest BCUT2D eigenvalue weighted by atomic mass is 9.88. The normalized spacial score (nSPS) is 11.9. The van der Waals surface area contributed by atoms with Crippen LogP contribution in [0.3, 0.4) is 0 Å². The van der Waals surface area contributed by atoms with E-state index in [1.165, 1.54) is 60.0 Å². The van der Waals surface area contributed by atoms with Crippen molar-refractivity contribution < 1.29 is 4.57 Å². The van der Waals surface area contributed by atoms with Crippen LogP contribution in [0, 0.1) is 6.92 Å². The molecule has 0 amide bonds. The molecule has 132 valence electrons. The van der Waals surface area contributed by atoms with Crippen LogP contribution in [-0.2, 0) is 7.05 Å². The molecule has 0 unspecified atom stereocenters. The van der Waals surface area contributed by atoms with E-state index >= 15 is 0 Å². The molecule has 0 saturated carbocycles. The molecule has 0 aliphatic carbocycles. The predicted molar refractivity (Wildman–Crippen MR) is 119 cm³/mol. The summed E-state index contributed by atoms with van der Waals surface area (Å²) in [6.45, 7) is 2.24. The van der Waals surface area contributed by atoms with E-state index in [9.17, 15) is 0 Å². The number of pyridine rings is 1. The summed E-state index contributed by atoms with van der Waals surface area (Å²) in [4.78, 5) is 0. The fraction of sp³-hybridized carbons (Fsp3) is 0.0741. The third-order valence-corrected chi connectivity index (χ3v) is 6.18. The summed E-state index contributed by atoms with van der Waals surface area (Å²) in [5, 5.41) is 9.31. The second-order valence-corrected chi connectivity index (χ2v) is 7.76. The van der Waals surface area contributed by atoms with Crippen LogP contribution in [0.1, 0.15) is 5.56 Å². The Balaban J connectivity index is 1.81. The van der Waals surface area contributed by atoms with Crippen LogP contribution in [0.25, 0.3) is 54.5 Å². The van der Waals surface area contributed by atoms with Crippen LogP contribution in [0.2, 0.25) is 0 Å². The van der Waals surface area contributed by atoms with E-state index < -0.39 is 0 Å². The lowest BCUT2D eigenvalue weighted by molar-refractivity contribution is -0.633. The maximum Gasteiger partial charge on any atom is 0.213 e. The molecule has 0 fully saturated rings. The molecule has 5 aromatic carbocycles. The molecular weight excluding hydrogens is 338 g/mol. The molecular formula is C27H20N+. The zero-order chi connectivity index (χ0) is 18.8. The van der Waals surface area contributed by atoms with Crippen LogP contribution in [-0.4, -0.2) is 0 Å². The first kappa shape index (κ1) is 15.6. The average molecular weight is 358 g/mol. The molecule has 0 atom stereocenters. The third kappa shape index (κ3) is 1.99. The molecule has 0 spiro atoms. The van der Waals surface area contributed by atoms with E-state index in [2.05, 4.69) is 103 Å². The first-order chi connectivity index (χ1) is 13.7. The zero-order valence-electron chi connectivity index (χ0n) is 16.0. The monoisotopic (exact) mass is 358 g/mol. The maximum atomic E-state index is 2.35. The summed E-state index contributed by atoms with van der Waals surface area (Å²) in [6, 6.07) is 31.1. The number of benzene rings is 5. The lowest BCUT2D eigenvalue weighted by Gasteiger charge is -2.15. The Labute approximate surface area is 163 Å². The van der Waals surface area contributed by atoms with Gasteiger partial charge in [-0.25, -0.2) is 0 Å². The minimum absolute atomic E-state index is 1.25. The van der Waals surface area contributed by atoms with E-state index in [1.54, 1.807) is 0 Å². The number of hydrogen-bond donors (Lipinski definition) is 0. The number of rotatable bonds is 1. The van der Waals surface area contributed by atoms with Crippen molar-refractivity contribution in [1.29, 1.82) is 0 Å². The zero-order valence-corrected chi connectivity index (χ0v) is 16.0. The van der Waals surface area contributed by atoms with E-state index in [-0.39, 0.29) is 0 Å². The van der Waals surface area contributed by atoms with Crippen molar-refractivity contribution in [1.82, 2.24) is 0 Å². The Morgan fingerprint density at radius 3 is 2.14 bits per heavy atom. The topological polar surface area (TPSA) is 3.88 Å². The molecule has 6 aromatic rings.